The molecular formula is C20H28N2O4. The quantitative estimate of drug-likeness (QED) is 0.876. The van der Waals surface area contributed by atoms with Gasteiger partial charge in [-0.2, -0.15) is 0 Å². The van der Waals surface area contributed by atoms with Crippen molar-refractivity contribution in [3.05, 3.63) is 35.9 Å². The Bertz CT molecular complexity index is 679. The van der Waals surface area contributed by atoms with Crippen LogP contribution in [0.1, 0.15) is 38.3 Å². The van der Waals surface area contributed by atoms with Crippen molar-refractivity contribution in [2.75, 3.05) is 20.2 Å². The van der Waals surface area contributed by atoms with Gasteiger partial charge >= 0.3 is 6.09 Å². The lowest BCUT2D eigenvalue weighted by atomic mass is 10.1. The van der Waals surface area contributed by atoms with Crippen LogP contribution < -0.4 is 10.1 Å². The number of likely N-dealkylation sites (tertiary alicyclic amines) is 1. The van der Waals surface area contributed by atoms with Gasteiger partial charge in [-0.3, -0.25) is 4.79 Å². The smallest absolute Gasteiger partial charge is 0.407 e. The molecule has 0 radical (unpaired) electrons. The molecule has 1 atom stereocenters. The van der Waals surface area contributed by atoms with Crippen LogP contribution in [0.5, 0.6) is 5.75 Å². The number of nitrogens with zero attached hydrogens (tertiary/aromatic N) is 1. The summed E-state index contributed by atoms with van der Waals surface area (Å²) in [4.78, 5) is 26.2. The summed E-state index contributed by atoms with van der Waals surface area (Å²) in [5, 5.41) is 2.83. The van der Waals surface area contributed by atoms with Crippen molar-refractivity contribution in [1.82, 2.24) is 10.2 Å². The fourth-order valence-corrected chi connectivity index (χ4v) is 2.89. The van der Waals surface area contributed by atoms with Crippen molar-refractivity contribution in [2.24, 2.45) is 0 Å². The van der Waals surface area contributed by atoms with Gasteiger partial charge in [0.05, 0.1) is 19.6 Å². The summed E-state index contributed by atoms with van der Waals surface area (Å²) in [6.07, 6.45) is 2.28. The van der Waals surface area contributed by atoms with Crippen molar-refractivity contribution < 1.29 is 19.1 Å². The third-order valence-corrected chi connectivity index (χ3v) is 4.15. The maximum atomic E-state index is 12.6. The predicted octanol–water partition coefficient (Wildman–Crippen LogP) is 3.01. The Morgan fingerprint density at radius 1 is 1.38 bits per heavy atom. The maximum Gasteiger partial charge on any atom is 0.407 e. The molecule has 26 heavy (non-hydrogen) atoms. The molecule has 1 unspecified atom stereocenters. The van der Waals surface area contributed by atoms with Crippen LogP contribution in [-0.2, 0) is 16.0 Å². The average molecular weight is 360 g/mol. The molecule has 1 saturated heterocycles. The van der Waals surface area contributed by atoms with Crippen LogP contribution in [0.4, 0.5) is 4.79 Å². The molecule has 2 rings (SSSR count). The molecule has 0 saturated carbocycles. The highest BCUT2D eigenvalue weighted by atomic mass is 16.6. The molecule has 0 aromatic heterocycles. The fraction of sp³-hybridized carbons (Fsp3) is 0.500. The van der Waals surface area contributed by atoms with E-state index in [4.69, 9.17) is 9.47 Å². The summed E-state index contributed by atoms with van der Waals surface area (Å²) in [5.74, 6) is 0.696. The molecule has 0 spiro atoms. The van der Waals surface area contributed by atoms with E-state index in [1.165, 1.54) is 0 Å². The Kier molecular flexibility index (Phi) is 6.29. The molecule has 1 aromatic carbocycles. The molecule has 2 amide bonds. The number of hydrogen-bond donors (Lipinski definition) is 1. The second-order valence-electron chi connectivity index (χ2n) is 7.42. The Morgan fingerprint density at radius 2 is 2.12 bits per heavy atom. The average Bonchev–Trinajstić information content (AvgIpc) is 3.01. The maximum absolute atomic E-state index is 12.6. The normalized spacial score (nSPS) is 16.9. The van der Waals surface area contributed by atoms with E-state index < -0.39 is 11.7 Å². The first-order valence-corrected chi connectivity index (χ1v) is 8.78. The van der Waals surface area contributed by atoms with Crippen LogP contribution in [0.15, 0.2) is 24.8 Å². The van der Waals surface area contributed by atoms with E-state index in [0.29, 0.717) is 18.8 Å². The molecule has 1 heterocycles. The van der Waals surface area contributed by atoms with E-state index in [1.807, 2.05) is 39.0 Å². The van der Waals surface area contributed by atoms with Gasteiger partial charge in [-0.15, -0.1) is 0 Å². The highest BCUT2D eigenvalue weighted by molar-refractivity contribution is 5.80. The molecule has 1 fully saturated rings. The zero-order valence-corrected chi connectivity index (χ0v) is 16.0. The van der Waals surface area contributed by atoms with Gasteiger partial charge in [-0.1, -0.05) is 24.8 Å². The number of carbonyl (C=O) groups is 2. The largest absolute Gasteiger partial charge is 0.496 e. The standard InChI is InChI=1S/C20H28N2O4/c1-6-14-7-8-15(17(11-14)25-5)12-18(23)22-10-9-16(13-22)21-19(24)26-20(2,3)4/h6-8,11,16H,1,9-10,12-13H2,2-5H3,(H,21,24). The van der Waals surface area contributed by atoms with E-state index in [-0.39, 0.29) is 18.4 Å². The first-order chi connectivity index (χ1) is 12.2. The number of nitrogens with one attached hydrogen (secondary N) is 1. The van der Waals surface area contributed by atoms with Crippen LogP contribution in [0.2, 0.25) is 0 Å². The summed E-state index contributed by atoms with van der Waals surface area (Å²) < 4.78 is 10.6. The molecule has 1 aromatic rings. The predicted molar refractivity (Wildman–Crippen MR) is 101 cm³/mol. The number of methoxy groups -OCH3 is 1. The topological polar surface area (TPSA) is 67.9 Å². The van der Waals surface area contributed by atoms with E-state index in [1.54, 1.807) is 18.1 Å². The second kappa shape index (κ2) is 8.25. The van der Waals surface area contributed by atoms with Crippen molar-refractivity contribution in [3.63, 3.8) is 0 Å². The van der Waals surface area contributed by atoms with Crippen LogP contribution >= 0.6 is 0 Å². The van der Waals surface area contributed by atoms with Gasteiger partial charge in [-0.25, -0.2) is 4.79 Å². The van der Waals surface area contributed by atoms with Gasteiger partial charge in [0.15, 0.2) is 0 Å². The van der Waals surface area contributed by atoms with E-state index in [9.17, 15) is 9.59 Å². The van der Waals surface area contributed by atoms with Crippen molar-refractivity contribution in [3.8, 4) is 5.75 Å². The minimum absolute atomic E-state index is 0.0168. The Balaban J connectivity index is 1.92. The van der Waals surface area contributed by atoms with E-state index >= 15 is 0 Å². The highest BCUT2D eigenvalue weighted by Gasteiger charge is 2.29. The van der Waals surface area contributed by atoms with Crippen LogP contribution in [-0.4, -0.2) is 48.7 Å². The minimum atomic E-state index is -0.535. The zero-order valence-electron chi connectivity index (χ0n) is 16.0. The molecule has 1 aliphatic rings. The Morgan fingerprint density at radius 3 is 2.73 bits per heavy atom. The van der Waals surface area contributed by atoms with Gasteiger partial charge in [-0.05, 0) is 38.8 Å². The zero-order chi connectivity index (χ0) is 19.3. The summed E-state index contributed by atoms with van der Waals surface area (Å²) in [5.41, 5.74) is 1.25. The lowest BCUT2D eigenvalue weighted by Crippen LogP contribution is -2.41. The second-order valence-corrected chi connectivity index (χ2v) is 7.42. The number of carbonyl (C=O) groups excluding carboxylic acids is 2. The summed E-state index contributed by atoms with van der Waals surface area (Å²) in [7, 11) is 1.59. The lowest BCUT2D eigenvalue weighted by molar-refractivity contribution is -0.129. The number of benzene rings is 1. The molecule has 0 bridgehead atoms. The van der Waals surface area contributed by atoms with Gasteiger partial charge in [0, 0.05) is 18.7 Å². The molecule has 142 valence electrons. The van der Waals surface area contributed by atoms with Gasteiger partial charge in [0.1, 0.15) is 11.4 Å². The molecular weight excluding hydrogens is 332 g/mol. The number of rotatable bonds is 5. The molecule has 1 N–H and O–H groups in total. The molecule has 1 aliphatic heterocycles. The first-order valence-electron chi connectivity index (χ1n) is 8.78. The summed E-state index contributed by atoms with van der Waals surface area (Å²) in [6.45, 7) is 10.3. The van der Waals surface area contributed by atoms with Crippen molar-refractivity contribution in [2.45, 2.75) is 45.3 Å². The monoisotopic (exact) mass is 360 g/mol. The van der Waals surface area contributed by atoms with Crippen LogP contribution in [0.3, 0.4) is 0 Å². The van der Waals surface area contributed by atoms with Gasteiger partial charge < -0.3 is 19.7 Å². The fourth-order valence-electron chi connectivity index (χ4n) is 2.89. The van der Waals surface area contributed by atoms with Gasteiger partial charge in [0.25, 0.3) is 0 Å². The Hall–Kier alpha value is -2.50. The number of hydrogen-bond acceptors (Lipinski definition) is 4. The molecule has 0 aliphatic carbocycles. The number of alkyl carbamates (subject to hydrolysis) is 1. The number of ether oxygens (including phenoxy) is 2. The molecule has 6 nitrogen and oxygen atoms in total. The van der Waals surface area contributed by atoms with E-state index in [2.05, 4.69) is 11.9 Å². The summed E-state index contributed by atoms with van der Waals surface area (Å²) in [6, 6.07) is 5.58. The number of amides is 2. The summed E-state index contributed by atoms with van der Waals surface area (Å²) >= 11 is 0. The third-order valence-electron chi connectivity index (χ3n) is 4.15. The van der Waals surface area contributed by atoms with Crippen molar-refractivity contribution in [1.29, 1.82) is 0 Å². The first kappa shape index (κ1) is 19.8. The third kappa shape index (κ3) is 5.51. The van der Waals surface area contributed by atoms with E-state index in [0.717, 1.165) is 17.5 Å². The van der Waals surface area contributed by atoms with Gasteiger partial charge in [0.2, 0.25) is 5.91 Å². The molecule has 6 heteroatoms. The van der Waals surface area contributed by atoms with Crippen LogP contribution in [0, 0.1) is 0 Å². The SMILES string of the molecule is C=Cc1ccc(CC(=O)N2CCC(NC(=O)OC(C)(C)C)C2)c(OC)c1. The lowest BCUT2D eigenvalue weighted by Gasteiger charge is -2.22. The highest BCUT2D eigenvalue weighted by Crippen LogP contribution is 2.23. The van der Waals surface area contributed by atoms with Crippen molar-refractivity contribution >= 4 is 18.1 Å². The van der Waals surface area contributed by atoms with Crippen LogP contribution in [0.25, 0.3) is 6.08 Å². The minimum Gasteiger partial charge on any atom is -0.496 e. The Labute approximate surface area is 155 Å².